The summed E-state index contributed by atoms with van der Waals surface area (Å²) in [6, 6.07) is 0. The van der Waals surface area contributed by atoms with Crippen LogP contribution < -0.4 is 5.73 Å². The van der Waals surface area contributed by atoms with E-state index in [9.17, 15) is 0 Å². The van der Waals surface area contributed by atoms with Gasteiger partial charge in [0.05, 0.1) is 0 Å². The summed E-state index contributed by atoms with van der Waals surface area (Å²) in [5.74, 6) is 1.05. The predicted octanol–water partition coefficient (Wildman–Crippen LogP) is 1.14. The summed E-state index contributed by atoms with van der Waals surface area (Å²) in [6.07, 6.45) is 5.79. The van der Waals surface area contributed by atoms with Crippen molar-refractivity contribution in [2.45, 2.75) is 25.7 Å². The van der Waals surface area contributed by atoms with Gasteiger partial charge in [-0.3, -0.25) is 0 Å². The highest BCUT2D eigenvalue weighted by molar-refractivity contribution is 5.06. The Morgan fingerprint density at radius 2 is 2.50 bits per heavy atom. The van der Waals surface area contributed by atoms with Crippen molar-refractivity contribution in [2.24, 2.45) is 17.1 Å². The molecule has 2 atom stereocenters. The molecule has 0 amide bonds. The van der Waals surface area contributed by atoms with Crippen LogP contribution in [-0.2, 0) is 0 Å². The van der Waals surface area contributed by atoms with Gasteiger partial charge in [0.2, 0.25) is 0 Å². The van der Waals surface area contributed by atoms with Crippen LogP contribution in [0.25, 0.3) is 0 Å². The highest BCUT2D eigenvalue weighted by Gasteiger charge is 2.55. The molecule has 1 heteroatoms. The number of rotatable bonds is 1. The maximum Gasteiger partial charge on any atom is -0.00178 e. The molecule has 0 radical (unpaired) electrons. The molecule has 8 heavy (non-hydrogen) atoms. The standard InChI is InChI=1S/C7H13N/c8-5-7-3-1-2-6(7)4-7/h6H,1-5,8H2. The molecule has 2 unspecified atom stereocenters. The van der Waals surface area contributed by atoms with Gasteiger partial charge >= 0.3 is 0 Å². The largest absolute Gasteiger partial charge is 0.330 e. The highest BCUT2D eigenvalue weighted by atomic mass is 14.7. The van der Waals surface area contributed by atoms with Crippen molar-refractivity contribution in [2.75, 3.05) is 6.54 Å². The average molecular weight is 111 g/mol. The second kappa shape index (κ2) is 1.27. The van der Waals surface area contributed by atoms with Crippen molar-refractivity contribution >= 4 is 0 Å². The number of hydrogen-bond acceptors (Lipinski definition) is 1. The van der Waals surface area contributed by atoms with Crippen LogP contribution in [0.3, 0.4) is 0 Å². The molecule has 0 aromatic heterocycles. The van der Waals surface area contributed by atoms with Crippen LogP contribution in [0.4, 0.5) is 0 Å². The van der Waals surface area contributed by atoms with Gasteiger partial charge in [0.25, 0.3) is 0 Å². The molecule has 46 valence electrons. The second-order valence-electron chi connectivity index (χ2n) is 3.36. The van der Waals surface area contributed by atoms with Crippen molar-refractivity contribution in [1.82, 2.24) is 0 Å². The highest BCUT2D eigenvalue weighted by Crippen LogP contribution is 2.62. The van der Waals surface area contributed by atoms with Crippen LogP contribution in [0, 0.1) is 11.3 Å². The van der Waals surface area contributed by atoms with E-state index in [4.69, 9.17) is 5.73 Å². The first-order valence-corrected chi connectivity index (χ1v) is 3.57. The Balaban J connectivity index is 2.08. The molecule has 0 spiro atoms. The fraction of sp³-hybridized carbons (Fsp3) is 1.00. The zero-order valence-electron chi connectivity index (χ0n) is 5.19. The van der Waals surface area contributed by atoms with Crippen molar-refractivity contribution in [1.29, 1.82) is 0 Å². The van der Waals surface area contributed by atoms with Gasteiger partial charge in [-0.15, -0.1) is 0 Å². The number of hydrogen-bond donors (Lipinski definition) is 1. The molecule has 0 aromatic carbocycles. The SMILES string of the molecule is NCC12CCCC1C2. The number of nitrogens with two attached hydrogens (primary N) is 1. The molecule has 2 aliphatic carbocycles. The number of fused-ring (bicyclic) bond motifs is 1. The van der Waals surface area contributed by atoms with Crippen molar-refractivity contribution in [3.63, 3.8) is 0 Å². The lowest BCUT2D eigenvalue weighted by Crippen LogP contribution is -2.14. The Morgan fingerprint density at radius 1 is 1.62 bits per heavy atom. The minimum Gasteiger partial charge on any atom is -0.330 e. The van der Waals surface area contributed by atoms with Gasteiger partial charge in [-0.25, -0.2) is 0 Å². The molecule has 2 fully saturated rings. The molecule has 0 saturated heterocycles. The maximum atomic E-state index is 5.61. The first-order chi connectivity index (χ1) is 3.87. The Morgan fingerprint density at radius 3 is 2.75 bits per heavy atom. The summed E-state index contributed by atoms with van der Waals surface area (Å²) in [4.78, 5) is 0. The van der Waals surface area contributed by atoms with Gasteiger partial charge in [-0.05, 0) is 37.1 Å². The quantitative estimate of drug-likeness (QED) is 0.539. The molecule has 0 heterocycles. The molecule has 2 saturated carbocycles. The molecule has 0 aromatic rings. The summed E-state index contributed by atoms with van der Waals surface area (Å²) in [7, 11) is 0. The lowest BCUT2D eigenvalue weighted by atomic mass is 10.1. The lowest BCUT2D eigenvalue weighted by Gasteiger charge is -2.04. The first kappa shape index (κ1) is 4.80. The van der Waals surface area contributed by atoms with E-state index in [0.29, 0.717) is 5.41 Å². The van der Waals surface area contributed by atoms with Crippen molar-refractivity contribution in [3.8, 4) is 0 Å². The third-order valence-corrected chi connectivity index (χ3v) is 2.99. The Bertz CT molecular complexity index is 107. The molecule has 2 aliphatic rings. The summed E-state index contributed by atoms with van der Waals surface area (Å²) < 4.78 is 0. The van der Waals surface area contributed by atoms with Crippen LogP contribution in [-0.4, -0.2) is 6.54 Å². The minimum absolute atomic E-state index is 0.681. The Hall–Kier alpha value is -0.0400. The fourth-order valence-electron chi connectivity index (χ4n) is 2.20. The first-order valence-electron chi connectivity index (χ1n) is 3.57. The van der Waals surface area contributed by atoms with E-state index < -0.39 is 0 Å². The van der Waals surface area contributed by atoms with Gasteiger partial charge in [-0.1, -0.05) is 6.42 Å². The summed E-state index contributed by atoms with van der Waals surface area (Å²) >= 11 is 0. The molecule has 1 nitrogen and oxygen atoms in total. The fourth-order valence-corrected chi connectivity index (χ4v) is 2.20. The van der Waals surface area contributed by atoms with Crippen molar-refractivity contribution < 1.29 is 0 Å². The van der Waals surface area contributed by atoms with E-state index in [1.165, 1.54) is 25.7 Å². The van der Waals surface area contributed by atoms with E-state index in [-0.39, 0.29) is 0 Å². The van der Waals surface area contributed by atoms with Gasteiger partial charge in [0, 0.05) is 0 Å². The molecule has 0 aliphatic heterocycles. The Labute approximate surface area is 50.3 Å². The second-order valence-corrected chi connectivity index (χ2v) is 3.36. The van der Waals surface area contributed by atoms with Crippen LogP contribution >= 0.6 is 0 Å². The van der Waals surface area contributed by atoms with Gasteiger partial charge in [-0.2, -0.15) is 0 Å². The van der Waals surface area contributed by atoms with Crippen LogP contribution in [0.15, 0.2) is 0 Å². The zero-order chi connectivity index (χ0) is 5.61. The third kappa shape index (κ3) is 0.408. The normalized spacial score (nSPS) is 51.4. The van der Waals surface area contributed by atoms with Crippen LogP contribution in [0.1, 0.15) is 25.7 Å². The maximum absolute atomic E-state index is 5.61. The Kier molecular flexibility index (Phi) is 0.762. The smallest absolute Gasteiger partial charge is 0.00178 e. The molecule has 0 bridgehead atoms. The average Bonchev–Trinajstić information content (AvgIpc) is 2.38. The van der Waals surface area contributed by atoms with E-state index >= 15 is 0 Å². The van der Waals surface area contributed by atoms with Gasteiger partial charge in [0.1, 0.15) is 0 Å². The summed E-state index contributed by atoms with van der Waals surface area (Å²) in [6.45, 7) is 0.956. The van der Waals surface area contributed by atoms with E-state index in [1.54, 1.807) is 0 Å². The predicted molar refractivity (Wildman–Crippen MR) is 33.4 cm³/mol. The zero-order valence-corrected chi connectivity index (χ0v) is 5.19. The lowest BCUT2D eigenvalue weighted by molar-refractivity contribution is 0.501. The molecular weight excluding hydrogens is 98.1 g/mol. The monoisotopic (exact) mass is 111 g/mol. The topological polar surface area (TPSA) is 26.0 Å². The van der Waals surface area contributed by atoms with Crippen LogP contribution in [0.2, 0.25) is 0 Å². The molecular formula is C7H13N. The van der Waals surface area contributed by atoms with E-state index in [0.717, 1.165) is 12.5 Å². The van der Waals surface area contributed by atoms with Crippen LogP contribution in [0.5, 0.6) is 0 Å². The van der Waals surface area contributed by atoms with E-state index in [1.807, 2.05) is 0 Å². The summed E-state index contributed by atoms with van der Waals surface area (Å²) in [5.41, 5.74) is 6.29. The van der Waals surface area contributed by atoms with E-state index in [2.05, 4.69) is 0 Å². The van der Waals surface area contributed by atoms with Gasteiger partial charge < -0.3 is 5.73 Å². The third-order valence-electron chi connectivity index (χ3n) is 2.99. The van der Waals surface area contributed by atoms with Gasteiger partial charge in [0.15, 0.2) is 0 Å². The minimum atomic E-state index is 0.681. The molecule has 2 rings (SSSR count). The molecule has 2 N–H and O–H groups in total. The summed E-state index contributed by atoms with van der Waals surface area (Å²) in [5, 5.41) is 0. The van der Waals surface area contributed by atoms with Crippen molar-refractivity contribution in [3.05, 3.63) is 0 Å².